The van der Waals surface area contributed by atoms with Gasteiger partial charge in [0.25, 0.3) is 0 Å². The van der Waals surface area contributed by atoms with Gasteiger partial charge in [0.1, 0.15) is 0 Å². The minimum Gasteiger partial charge on any atom is -0.354 e. The highest BCUT2D eigenvalue weighted by atomic mass is 32.2. The van der Waals surface area contributed by atoms with Crippen LogP contribution in [0.15, 0.2) is 6.07 Å². The summed E-state index contributed by atoms with van der Waals surface area (Å²) < 4.78 is 25.0. The number of fused-ring (bicyclic) bond motifs is 1. The predicted molar refractivity (Wildman–Crippen MR) is 86.5 cm³/mol. The maximum absolute atomic E-state index is 11.7. The summed E-state index contributed by atoms with van der Waals surface area (Å²) in [7, 11) is -1.48. The maximum Gasteiger partial charge on any atom is 0.211 e. The van der Waals surface area contributed by atoms with E-state index in [1.807, 2.05) is 0 Å². The van der Waals surface area contributed by atoms with E-state index >= 15 is 0 Å². The number of aryl methyl sites for hydroxylation is 2. The van der Waals surface area contributed by atoms with E-state index in [-0.39, 0.29) is 6.04 Å². The molecule has 3 rings (SSSR count). The van der Waals surface area contributed by atoms with Crippen molar-refractivity contribution in [3.05, 3.63) is 17.3 Å². The van der Waals surface area contributed by atoms with Crippen LogP contribution in [-0.4, -0.2) is 55.4 Å². The van der Waals surface area contributed by atoms with Gasteiger partial charge in [0.2, 0.25) is 10.0 Å². The molecule has 1 fully saturated rings. The molecule has 0 spiro atoms. The van der Waals surface area contributed by atoms with E-state index in [0.29, 0.717) is 6.54 Å². The van der Waals surface area contributed by atoms with Crippen LogP contribution < -0.4 is 4.90 Å². The van der Waals surface area contributed by atoms with Crippen LogP contribution >= 0.6 is 0 Å². The summed E-state index contributed by atoms with van der Waals surface area (Å²) in [5.74, 6) is 0.896. The van der Waals surface area contributed by atoms with Crippen LogP contribution in [0.3, 0.4) is 0 Å². The standard InChI is InChI=1S/C15H24N4O2S/c1-18(22(2,20)21)13-7-5-9-19(11-13)15-10-12-6-3-4-8-14(12)16-17-15/h10,13H,3-9,11H2,1-2H3. The second-order valence-electron chi connectivity index (χ2n) is 6.40. The van der Waals surface area contributed by atoms with Crippen molar-refractivity contribution in [2.75, 3.05) is 31.3 Å². The molecule has 1 aromatic rings. The van der Waals surface area contributed by atoms with E-state index in [1.54, 1.807) is 7.05 Å². The Morgan fingerprint density at radius 1 is 1.23 bits per heavy atom. The second-order valence-corrected chi connectivity index (χ2v) is 8.44. The fraction of sp³-hybridized carbons (Fsp3) is 0.733. The van der Waals surface area contributed by atoms with Crippen molar-refractivity contribution in [1.29, 1.82) is 0 Å². The SMILES string of the molecule is CN(C1CCCN(c2cc3c(nn2)CCCC3)C1)S(C)(=O)=O. The average Bonchev–Trinajstić information content (AvgIpc) is 2.53. The highest BCUT2D eigenvalue weighted by molar-refractivity contribution is 7.88. The molecule has 1 aliphatic carbocycles. The monoisotopic (exact) mass is 324 g/mol. The summed E-state index contributed by atoms with van der Waals surface area (Å²) in [6.45, 7) is 1.61. The molecule has 1 aromatic heterocycles. The summed E-state index contributed by atoms with van der Waals surface area (Å²) in [6.07, 6.45) is 7.68. The first-order valence-electron chi connectivity index (χ1n) is 7.98. The van der Waals surface area contributed by atoms with E-state index < -0.39 is 10.0 Å². The van der Waals surface area contributed by atoms with E-state index in [1.165, 1.54) is 29.0 Å². The number of piperidine rings is 1. The fourth-order valence-electron chi connectivity index (χ4n) is 3.36. The zero-order valence-corrected chi connectivity index (χ0v) is 14.1. The predicted octanol–water partition coefficient (Wildman–Crippen LogP) is 1.22. The van der Waals surface area contributed by atoms with Gasteiger partial charge >= 0.3 is 0 Å². The molecule has 7 heteroatoms. The van der Waals surface area contributed by atoms with Crippen LogP contribution in [-0.2, 0) is 22.9 Å². The van der Waals surface area contributed by atoms with Crippen LogP contribution in [0.25, 0.3) is 0 Å². The molecule has 22 heavy (non-hydrogen) atoms. The number of nitrogens with zero attached hydrogens (tertiary/aromatic N) is 4. The Balaban J connectivity index is 1.77. The summed E-state index contributed by atoms with van der Waals surface area (Å²) in [5, 5.41) is 8.77. The van der Waals surface area contributed by atoms with Gasteiger partial charge in [-0.1, -0.05) is 0 Å². The van der Waals surface area contributed by atoms with Gasteiger partial charge in [-0.15, -0.1) is 5.10 Å². The van der Waals surface area contributed by atoms with Crippen molar-refractivity contribution in [3.8, 4) is 0 Å². The summed E-state index contributed by atoms with van der Waals surface area (Å²) >= 11 is 0. The number of hydrogen-bond donors (Lipinski definition) is 0. The summed E-state index contributed by atoms with van der Waals surface area (Å²) in [5.41, 5.74) is 2.45. The van der Waals surface area contributed by atoms with Gasteiger partial charge in [-0.2, -0.15) is 5.10 Å². The number of rotatable bonds is 3. The van der Waals surface area contributed by atoms with Crippen molar-refractivity contribution < 1.29 is 8.42 Å². The molecule has 0 N–H and O–H groups in total. The molecular weight excluding hydrogens is 300 g/mol. The Bertz CT molecular complexity index is 647. The number of likely N-dealkylation sites (N-methyl/N-ethyl adjacent to an activating group) is 1. The molecule has 0 radical (unpaired) electrons. The Labute approximate surface area is 132 Å². The van der Waals surface area contributed by atoms with Gasteiger partial charge in [-0.05, 0) is 50.2 Å². The van der Waals surface area contributed by atoms with E-state index in [2.05, 4.69) is 21.2 Å². The molecule has 1 atom stereocenters. The third-order valence-corrected chi connectivity index (χ3v) is 6.16. The number of sulfonamides is 1. The second kappa shape index (κ2) is 6.12. The van der Waals surface area contributed by atoms with Crippen LogP contribution in [0.2, 0.25) is 0 Å². The molecule has 122 valence electrons. The van der Waals surface area contributed by atoms with E-state index in [4.69, 9.17) is 0 Å². The largest absolute Gasteiger partial charge is 0.354 e. The summed E-state index contributed by atoms with van der Waals surface area (Å²) in [6, 6.07) is 2.17. The lowest BCUT2D eigenvalue weighted by atomic mass is 9.96. The van der Waals surface area contributed by atoms with Crippen LogP contribution in [0.1, 0.15) is 36.9 Å². The molecule has 6 nitrogen and oxygen atoms in total. The van der Waals surface area contributed by atoms with Gasteiger partial charge in [-0.25, -0.2) is 12.7 Å². The summed E-state index contributed by atoms with van der Waals surface area (Å²) in [4.78, 5) is 2.18. The average molecular weight is 324 g/mol. The third-order valence-electron chi connectivity index (χ3n) is 4.81. The minimum absolute atomic E-state index is 0.0154. The Hall–Kier alpha value is -1.21. The van der Waals surface area contributed by atoms with Gasteiger partial charge in [-0.3, -0.25) is 0 Å². The lowest BCUT2D eigenvalue weighted by Gasteiger charge is -2.37. The van der Waals surface area contributed by atoms with E-state index in [0.717, 1.165) is 43.7 Å². The van der Waals surface area contributed by atoms with Gasteiger partial charge in [0, 0.05) is 26.2 Å². The molecular formula is C15H24N4O2S. The van der Waals surface area contributed by atoms with Crippen molar-refractivity contribution in [2.24, 2.45) is 0 Å². The van der Waals surface area contributed by atoms with Crippen molar-refractivity contribution >= 4 is 15.8 Å². The molecule has 0 saturated carbocycles. The topological polar surface area (TPSA) is 66.4 Å². The maximum atomic E-state index is 11.7. The molecule has 1 aliphatic heterocycles. The van der Waals surface area contributed by atoms with Gasteiger partial charge in [0.05, 0.1) is 11.9 Å². The zero-order chi connectivity index (χ0) is 15.7. The third kappa shape index (κ3) is 3.25. The minimum atomic E-state index is -3.15. The molecule has 2 aliphatic rings. The van der Waals surface area contributed by atoms with Gasteiger partial charge in [0.15, 0.2) is 5.82 Å². The van der Waals surface area contributed by atoms with Crippen LogP contribution in [0.4, 0.5) is 5.82 Å². The van der Waals surface area contributed by atoms with Crippen molar-refractivity contribution in [3.63, 3.8) is 0 Å². The smallest absolute Gasteiger partial charge is 0.211 e. The number of anilines is 1. The highest BCUT2D eigenvalue weighted by Gasteiger charge is 2.29. The molecule has 0 bridgehead atoms. The van der Waals surface area contributed by atoms with E-state index in [9.17, 15) is 8.42 Å². The van der Waals surface area contributed by atoms with Crippen LogP contribution in [0.5, 0.6) is 0 Å². The first kappa shape index (κ1) is 15.7. The Morgan fingerprint density at radius 3 is 2.77 bits per heavy atom. The van der Waals surface area contributed by atoms with Crippen molar-refractivity contribution in [2.45, 2.75) is 44.6 Å². The number of hydrogen-bond acceptors (Lipinski definition) is 5. The zero-order valence-electron chi connectivity index (χ0n) is 13.3. The first-order valence-corrected chi connectivity index (χ1v) is 9.83. The quantitative estimate of drug-likeness (QED) is 0.836. The van der Waals surface area contributed by atoms with Crippen molar-refractivity contribution in [1.82, 2.24) is 14.5 Å². The molecule has 1 unspecified atom stereocenters. The van der Waals surface area contributed by atoms with Crippen LogP contribution in [0, 0.1) is 0 Å². The molecule has 0 amide bonds. The lowest BCUT2D eigenvalue weighted by Crippen LogP contribution is -2.48. The molecule has 1 saturated heterocycles. The fourth-order valence-corrected chi connectivity index (χ4v) is 4.08. The molecule has 0 aromatic carbocycles. The first-order chi connectivity index (χ1) is 10.4. The Kier molecular flexibility index (Phi) is 4.36. The van der Waals surface area contributed by atoms with Gasteiger partial charge < -0.3 is 4.90 Å². The molecule has 2 heterocycles. The number of aromatic nitrogens is 2. The highest BCUT2D eigenvalue weighted by Crippen LogP contribution is 2.25. The normalized spacial score (nSPS) is 22.7. The Morgan fingerprint density at radius 2 is 2.00 bits per heavy atom. The lowest BCUT2D eigenvalue weighted by molar-refractivity contribution is 0.321.